The Balaban J connectivity index is 1.63. The smallest absolute Gasteiger partial charge is 0.256 e. The first-order valence-electron chi connectivity index (χ1n) is 7.06. The van der Waals surface area contributed by atoms with E-state index in [4.69, 9.17) is 4.42 Å². The van der Waals surface area contributed by atoms with Gasteiger partial charge in [-0.1, -0.05) is 37.4 Å². The highest BCUT2D eigenvalue weighted by Crippen LogP contribution is 2.20. The largest absolute Gasteiger partial charge is 0.437 e. The lowest BCUT2D eigenvalue weighted by molar-refractivity contribution is 0.430. The first kappa shape index (κ1) is 13.9. The Kier molecular flexibility index (Phi) is 5.57. The van der Waals surface area contributed by atoms with E-state index in [1.54, 1.807) is 11.8 Å². The highest BCUT2D eigenvalue weighted by Gasteiger charge is 2.11. The fraction of sp³-hybridized carbons (Fsp3) is 0.786. The van der Waals surface area contributed by atoms with Crippen LogP contribution in [0.2, 0.25) is 0 Å². The maximum Gasteiger partial charge on any atom is 0.256 e. The van der Waals surface area contributed by atoms with Crippen LogP contribution in [-0.4, -0.2) is 23.3 Å². The van der Waals surface area contributed by atoms with Crippen molar-refractivity contribution in [2.45, 2.75) is 63.6 Å². The first-order chi connectivity index (χ1) is 8.75. The third kappa shape index (κ3) is 4.32. The van der Waals surface area contributed by atoms with Gasteiger partial charge in [0.2, 0.25) is 0 Å². The number of nitrogens with zero attached hydrogens (tertiary/aromatic N) is 1. The van der Waals surface area contributed by atoms with E-state index in [2.05, 4.69) is 10.3 Å². The monoisotopic (exact) mass is 268 g/mol. The molecule has 1 aliphatic rings. The average molecular weight is 268 g/mol. The van der Waals surface area contributed by atoms with Crippen molar-refractivity contribution in [3.63, 3.8) is 0 Å². The number of rotatable bonds is 5. The van der Waals surface area contributed by atoms with Gasteiger partial charge in [-0.3, -0.25) is 0 Å². The van der Waals surface area contributed by atoms with Crippen molar-refractivity contribution >= 4 is 11.8 Å². The molecular formula is C14H24N2OS. The Morgan fingerprint density at radius 2 is 1.94 bits per heavy atom. The minimum absolute atomic E-state index is 0.737. The van der Waals surface area contributed by atoms with Crippen molar-refractivity contribution in [2.75, 3.05) is 12.3 Å². The third-order valence-corrected chi connectivity index (χ3v) is 4.45. The molecule has 0 amide bonds. The number of hydrogen-bond acceptors (Lipinski definition) is 4. The van der Waals surface area contributed by atoms with Crippen molar-refractivity contribution in [1.82, 2.24) is 10.3 Å². The molecule has 1 aromatic heterocycles. The van der Waals surface area contributed by atoms with E-state index in [0.717, 1.165) is 35.0 Å². The number of hydrogen-bond donors (Lipinski definition) is 1. The molecule has 1 N–H and O–H groups in total. The van der Waals surface area contributed by atoms with E-state index in [0.29, 0.717) is 0 Å². The summed E-state index contributed by atoms with van der Waals surface area (Å²) in [5.41, 5.74) is 1.01. The van der Waals surface area contributed by atoms with Crippen LogP contribution in [0.15, 0.2) is 9.64 Å². The van der Waals surface area contributed by atoms with Gasteiger partial charge in [-0.05, 0) is 26.7 Å². The molecule has 1 fully saturated rings. The minimum Gasteiger partial charge on any atom is -0.437 e. The lowest BCUT2D eigenvalue weighted by atomic mass is 10.1. The molecular weight excluding hydrogens is 244 g/mol. The van der Waals surface area contributed by atoms with Crippen molar-refractivity contribution in [3.05, 3.63) is 11.5 Å². The number of aryl methyl sites for hydroxylation is 2. The molecule has 0 saturated heterocycles. The second-order valence-corrected chi connectivity index (χ2v) is 6.16. The van der Waals surface area contributed by atoms with Crippen LogP contribution >= 0.6 is 11.8 Å². The Labute approximate surface area is 114 Å². The van der Waals surface area contributed by atoms with E-state index in [-0.39, 0.29) is 0 Å². The van der Waals surface area contributed by atoms with Crippen LogP contribution in [0.3, 0.4) is 0 Å². The fourth-order valence-electron chi connectivity index (χ4n) is 2.39. The van der Waals surface area contributed by atoms with Gasteiger partial charge >= 0.3 is 0 Å². The predicted molar refractivity (Wildman–Crippen MR) is 76.2 cm³/mol. The summed E-state index contributed by atoms with van der Waals surface area (Å²) in [6.07, 6.45) is 8.32. The molecule has 4 heteroatoms. The lowest BCUT2D eigenvalue weighted by Crippen LogP contribution is -2.30. The van der Waals surface area contributed by atoms with Gasteiger partial charge in [0, 0.05) is 18.3 Å². The molecule has 2 rings (SSSR count). The van der Waals surface area contributed by atoms with E-state index < -0.39 is 0 Å². The zero-order chi connectivity index (χ0) is 12.8. The zero-order valence-corrected chi connectivity index (χ0v) is 12.3. The van der Waals surface area contributed by atoms with E-state index in [1.807, 2.05) is 13.8 Å². The van der Waals surface area contributed by atoms with Gasteiger partial charge in [0.05, 0.1) is 5.69 Å². The van der Waals surface area contributed by atoms with Crippen LogP contribution in [0.1, 0.15) is 50.0 Å². The van der Waals surface area contributed by atoms with Crippen molar-refractivity contribution in [2.24, 2.45) is 0 Å². The van der Waals surface area contributed by atoms with Gasteiger partial charge < -0.3 is 9.73 Å². The van der Waals surface area contributed by atoms with Gasteiger partial charge in [0.1, 0.15) is 5.76 Å². The SMILES string of the molecule is Cc1nc(SCCNC2CCCCCC2)oc1C. The van der Waals surface area contributed by atoms with Gasteiger partial charge in [-0.25, -0.2) is 4.98 Å². The number of aromatic nitrogens is 1. The maximum atomic E-state index is 5.55. The van der Waals surface area contributed by atoms with Crippen LogP contribution in [-0.2, 0) is 0 Å². The number of oxazole rings is 1. The summed E-state index contributed by atoms with van der Waals surface area (Å²) in [7, 11) is 0. The van der Waals surface area contributed by atoms with Crippen molar-refractivity contribution in [3.8, 4) is 0 Å². The molecule has 102 valence electrons. The molecule has 1 saturated carbocycles. The Bertz CT molecular complexity index is 337. The summed E-state index contributed by atoms with van der Waals surface area (Å²) in [5.74, 6) is 1.98. The summed E-state index contributed by atoms with van der Waals surface area (Å²) in [5, 5.41) is 4.48. The Hall–Kier alpha value is -0.480. The molecule has 3 nitrogen and oxygen atoms in total. The minimum atomic E-state index is 0.737. The molecule has 0 radical (unpaired) electrons. The summed E-state index contributed by atoms with van der Waals surface area (Å²) in [6, 6.07) is 0.737. The molecule has 0 aromatic carbocycles. The lowest BCUT2D eigenvalue weighted by Gasteiger charge is -2.15. The van der Waals surface area contributed by atoms with Gasteiger partial charge in [-0.2, -0.15) is 0 Å². The summed E-state index contributed by atoms with van der Waals surface area (Å²) in [4.78, 5) is 4.38. The normalized spacial score (nSPS) is 17.9. The quantitative estimate of drug-likeness (QED) is 0.502. The second kappa shape index (κ2) is 7.19. The van der Waals surface area contributed by atoms with Crippen LogP contribution in [0.5, 0.6) is 0 Å². The summed E-state index contributed by atoms with van der Waals surface area (Å²) in [6.45, 7) is 5.01. The third-order valence-electron chi connectivity index (χ3n) is 3.62. The van der Waals surface area contributed by atoms with Crippen molar-refractivity contribution in [1.29, 1.82) is 0 Å². The molecule has 18 heavy (non-hydrogen) atoms. The Morgan fingerprint density at radius 1 is 1.22 bits per heavy atom. The topological polar surface area (TPSA) is 38.1 Å². The predicted octanol–water partition coefficient (Wildman–Crippen LogP) is 3.70. The molecule has 0 bridgehead atoms. The molecule has 0 atom stereocenters. The van der Waals surface area contributed by atoms with Crippen LogP contribution in [0.4, 0.5) is 0 Å². The molecule has 0 aliphatic heterocycles. The fourth-order valence-corrected chi connectivity index (χ4v) is 3.17. The molecule has 1 aliphatic carbocycles. The highest BCUT2D eigenvalue weighted by atomic mass is 32.2. The second-order valence-electron chi connectivity index (χ2n) is 5.11. The van der Waals surface area contributed by atoms with E-state index in [1.165, 1.54) is 38.5 Å². The average Bonchev–Trinajstić information content (AvgIpc) is 2.59. The summed E-state index contributed by atoms with van der Waals surface area (Å²) >= 11 is 1.71. The number of thioether (sulfide) groups is 1. The van der Waals surface area contributed by atoms with Crippen molar-refractivity contribution < 1.29 is 4.42 Å². The van der Waals surface area contributed by atoms with Gasteiger partial charge in [0.25, 0.3) is 5.22 Å². The molecule has 0 spiro atoms. The van der Waals surface area contributed by atoms with E-state index in [9.17, 15) is 0 Å². The van der Waals surface area contributed by atoms with Gasteiger partial charge in [-0.15, -0.1) is 0 Å². The van der Waals surface area contributed by atoms with E-state index >= 15 is 0 Å². The van der Waals surface area contributed by atoms with Crippen LogP contribution in [0, 0.1) is 13.8 Å². The maximum absolute atomic E-state index is 5.55. The molecule has 1 heterocycles. The Morgan fingerprint density at radius 3 is 2.56 bits per heavy atom. The van der Waals surface area contributed by atoms with Gasteiger partial charge in [0.15, 0.2) is 0 Å². The zero-order valence-electron chi connectivity index (χ0n) is 11.5. The van der Waals surface area contributed by atoms with Crippen LogP contribution in [0.25, 0.3) is 0 Å². The molecule has 1 aromatic rings. The first-order valence-corrected chi connectivity index (χ1v) is 8.04. The molecule has 0 unspecified atom stereocenters. The standard InChI is InChI=1S/C14H24N2OS/c1-11-12(2)17-14(16-11)18-10-9-15-13-7-5-3-4-6-8-13/h13,15H,3-10H2,1-2H3. The summed E-state index contributed by atoms with van der Waals surface area (Å²) < 4.78 is 5.55. The highest BCUT2D eigenvalue weighted by molar-refractivity contribution is 7.99. The number of nitrogens with one attached hydrogen (secondary N) is 1. The van der Waals surface area contributed by atoms with Crippen LogP contribution < -0.4 is 5.32 Å².